The number of carbonyl (C=O) groups excluding carboxylic acids is 3. The second-order valence-corrected chi connectivity index (χ2v) is 7.92. The van der Waals surface area contributed by atoms with Gasteiger partial charge >= 0.3 is 0 Å². The van der Waals surface area contributed by atoms with Crippen LogP contribution in [0, 0.1) is 17.0 Å². The molecule has 3 saturated heterocycles. The minimum Gasteiger partial charge on any atom is -0.352 e. The number of rotatable bonds is 2. The summed E-state index contributed by atoms with van der Waals surface area (Å²) in [5.41, 5.74) is -1.24. The average Bonchev–Trinajstić information content (AvgIpc) is 3.23. The summed E-state index contributed by atoms with van der Waals surface area (Å²) in [4.78, 5) is 41.4. The lowest BCUT2D eigenvalue weighted by atomic mass is 9.68. The van der Waals surface area contributed by atoms with Crippen molar-refractivity contribution >= 4 is 17.7 Å². The molecule has 6 nitrogen and oxygen atoms in total. The third kappa shape index (κ3) is 3.14. The molecule has 4 rings (SSSR count). The molecule has 28 heavy (non-hydrogen) atoms. The van der Waals surface area contributed by atoms with Crippen molar-refractivity contribution in [1.29, 1.82) is 0 Å². The predicted octanol–water partition coefficient (Wildman–Crippen LogP) is 1.70. The van der Waals surface area contributed by atoms with Gasteiger partial charge in [0, 0.05) is 38.6 Å². The lowest BCUT2D eigenvalue weighted by Crippen LogP contribution is -2.67. The fourth-order valence-corrected chi connectivity index (χ4v) is 4.72. The van der Waals surface area contributed by atoms with Crippen molar-refractivity contribution in [3.05, 3.63) is 35.4 Å². The van der Waals surface area contributed by atoms with Crippen molar-refractivity contribution in [2.24, 2.45) is 5.41 Å². The van der Waals surface area contributed by atoms with Crippen molar-refractivity contribution in [3.8, 4) is 0 Å². The maximum atomic E-state index is 14.1. The van der Waals surface area contributed by atoms with E-state index in [1.807, 2.05) is 0 Å². The average molecular weight is 391 g/mol. The topological polar surface area (TPSA) is 69.7 Å². The fraction of sp³-hybridized carbons (Fsp3) is 0.550. The van der Waals surface area contributed by atoms with Crippen LogP contribution < -0.4 is 5.32 Å². The summed E-state index contributed by atoms with van der Waals surface area (Å²) < 4.78 is 27.7. The van der Waals surface area contributed by atoms with Crippen molar-refractivity contribution in [2.45, 2.75) is 38.1 Å². The van der Waals surface area contributed by atoms with E-state index in [1.165, 1.54) is 4.90 Å². The highest BCUT2D eigenvalue weighted by molar-refractivity contribution is 5.96. The highest BCUT2D eigenvalue weighted by atomic mass is 19.1. The highest BCUT2D eigenvalue weighted by Crippen LogP contribution is 2.40. The Hall–Kier alpha value is -2.51. The molecule has 3 aliphatic heterocycles. The summed E-state index contributed by atoms with van der Waals surface area (Å²) in [7, 11) is 0. The van der Waals surface area contributed by atoms with E-state index in [0.29, 0.717) is 25.9 Å². The minimum atomic E-state index is -0.907. The fourth-order valence-electron chi connectivity index (χ4n) is 4.72. The lowest BCUT2D eigenvalue weighted by molar-refractivity contribution is -0.151. The number of nitrogens with zero attached hydrogens (tertiary/aromatic N) is 2. The normalized spacial score (nSPS) is 27.4. The number of nitrogens with one attached hydrogen (secondary N) is 1. The standard InChI is InChI=1S/C20H23F2N3O3/c21-13-3-4-15(22)14(11-13)18(27)25-10-6-16-20(12-25,7-5-17(26)23-16)19(28)24-8-1-2-9-24/h3-4,11,16H,1-2,5-10,12H2,(H,23,26)/t16-,20+/m1/s1. The van der Waals surface area contributed by atoms with E-state index in [2.05, 4.69) is 5.32 Å². The van der Waals surface area contributed by atoms with Gasteiger partial charge in [0.05, 0.1) is 11.0 Å². The number of hydrogen-bond acceptors (Lipinski definition) is 3. The maximum absolute atomic E-state index is 14.1. The monoisotopic (exact) mass is 391 g/mol. The van der Waals surface area contributed by atoms with Crippen LogP contribution >= 0.6 is 0 Å². The Morgan fingerprint density at radius 1 is 1.11 bits per heavy atom. The largest absolute Gasteiger partial charge is 0.352 e. The molecular formula is C20H23F2N3O3. The van der Waals surface area contributed by atoms with Gasteiger partial charge in [-0.2, -0.15) is 0 Å². The van der Waals surface area contributed by atoms with E-state index < -0.39 is 23.0 Å². The zero-order chi connectivity index (χ0) is 19.9. The molecule has 0 bridgehead atoms. The van der Waals surface area contributed by atoms with Crippen LogP contribution in [0.4, 0.5) is 8.78 Å². The van der Waals surface area contributed by atoms with Gasteiger partial charge in [0.1, 0.15) is 11.6 Å². The molecule has 3 aliphatic rings. The molecular weight excluding hydrogens is 368 g/mol. The second-order valence-electron chi connectivity index (χ2n) is 7.92. The second kappa shape index (κ2) is 7.14. The minimum absolute atomic E-state index is 0.0489. The maximum Gasteiger partial charge on any atom is 0.256 e. The summed E-state index contributed by atoms with van der Waals surface area (Å²) in [5.74, 6) is -2.24. The summed E-state index contributed by atoms with van der Waals surface area (Å²) in [6.45, 7) is 1.72. The summed E-state index contributed by atoms with van der Waals surface area (Å²) in [6, 6.07) is 2.44. The van der Waals surface area contributed by atoms with E-state index in [0.717, 1.165) is 31.0 Å². The van der Waals surface area contributed by atoms with Gasteiger partial charge in [-0.15, -0.1) is 0 Å². The van der Waals surface area contributed by atoms with Crippen LogP contribution in [0.15, 0.2) is 18.2 Å². The van der Waals surface area contributed by atoms with Gasteiger partial charge < -0.3 is 15.1 Å². The van der Waals surface area contributed by atoms with E-state index in [4.69, 9.17) is 0 Å². The molecule has 3 amide bonds. The molecule has 0 aromatic heterocycles. The quantitative estimate of drug-likeness (QED) is 0.834. The Morgan fingerprint density at radius 2 is 1.86 bits per heavy atom. The molecule has 3 fully saturated rings. The molecule has 2 atom stereocenters. The number of likely N-dealkylation sites (tertiary alicyclic amines) is 2. The number of hydrogen-bond donors (Lipinski definition) is 1. The number of carbonyl (C=O) groups is 3. The van der Waals surface area contributed by atoms with Crippen LogP contribution in [0.5, 0.6) is 0 Å². The van der Waals surface area contributed by atoms with Gasteiger partial charge in [-0.1, -0.05) is 0 Å². The number of amides is 3. The van der Waals surface area contributed by atoms with E-state index in [1.54, 1.807) is 4.90 Å². The van der Waals surface area contributed by atoms with Gasteiger partial charge in [0.15, 0.2) is 0 Å². The van der Waals surface area contributed by atoms with E-state index >= 15 is 0 Å². The number of piperidine rings is 2. The molecule has 0 aliphatic carbocycles. The van der Waals surface area contributed by atoms with Crippen LogP contribution in [-0.2, 0) is 9.59 Å². The Balaban J connectivity index is 1.64. The van der Waals surface area contributed by atoms with Crippen LogP contribution in [0.3, 0.4) is 0 Å². The first kappa shape index (κ1) is 18.8. The molecule has 0 radical (unpaired) electrons. The van der Waals surface area contributed by atoms with Crippen molar-refractivity contribution in [1.82, 2.24) is 15.1 Å². The molecule has 1 N–H and O–H groups in total. The Labute approximate surface area is 161 Å². The molecule has 1 aromatic rings. The Morgan fingerprint density at radius 3 is 2.61 bits per heavy atom. The molecule has 0 spiro atoms. The Kier molecular flexibility index (Phi) is 4.81. The van der Waals surface area contributed by atoms with Crippen molar-refractivity contribution < 1.29 is 23.2 Å². The zero-order valence-electron chi connectivity index (χ0n) is 15.5. The highest BCUT2D eigenvalue weighted by Gasteiger charge is 2.54. The van der Waals surface area contributed by atoms with Crippen molar-refractivity contribution in [2.75, 3.05) is 26.2 Å². The zero-order valence-corrected chi connectivity index (χ0v) is 15.5. The molecule has 8 heteroatoms. The van der Waals surface area contributed by atoms with Crippen LogP contribution in [-0.4, -0.2) is 59.7 Å². The first-order chi connectivity index (χ1) is 13.4. The molecule has 1 aromatic carbocycles. The number of benzene rings is 1. The first-order valence-corrected chi connectivity index (χ1v) is 9.74. The van der Waals surface area contributed by atoms with Crippen molar-refractivity contribution in [3.63, 3.8) is 0 Å². The third-order valence-corrected chi connectivity index (χ3v) is 6.23. The van der Waals surface area contributed by atoms with Crippen LogP contribution in [0.1, 0.15) is 42.5 Å². The van der Waals surface area contributed by atoms with Gasteiger partial charge in [-0.05, 0) is 43.9 Å². The summed E-state index contributed by atoms with van der Waals surface area (Å²) in [6.07, 6.45) is 2.86. The number of halogens is 2. The molecule has 3 heterocycles. The summed E-state index contributed by atoms with van der Waals surface area (Å²) >= 11 is 0. The van der Waals surface area contributed by atoms with Crippen LogP contribution in [0.2, 0.25) is 0 Å². The molecule has 150 valence electrons. The van der Waals surface area contributed by atoms with E-state index in [-0.39, 0.29) is 42.9 Å². The predicted molar refractivity (Wildman–Crippen MR) is 96.3 cm³/mol. The smallest absolute Gasteiger partial charge is 0.256 e. The third-order valence-electron chi connectivity index (χ3n) is 6.23. The molecule has 0 saturated carbocycles. The van der Waals surface area contributed by atoms with Gasteiger partial charge in [-0.25, -0.2) is 8.78 Å². The molecule has 0 unspecified atom stereocenters. The van der Waals surface area contributed by atoms with Gasteiger partial charge in [0.25, 0.3) is 5.91 Å². The van der Waals surface area contributed by atoms with Crippen LogP contribution in [0.25, 0.3) is 0 Å². The summed E-state index contributed by atoms with van der Waals surface area (Å²) in [5, 5.41) is 2.92. The number of fused-ring (bicyclic) bond motifs is 1. The van der Waals surface area contributed by atoms with Gasteiger partial charge in [0.2, 0.25) is 11.8 Å². The van der Waals surface area contributed by atoms with E-state index in [9.17, 15) is 23.2 Å². The lowest BCUT2D eigenvalue weighted by Gasteiger charge is -2.50. The SMILES string of the molecule is O=C1CC[C@]2(C(=O)N3CCCC3)CN(C(=O)c3cc(F)ccc3F)CC[C@H]2N1. The van der Waals surface area contributed by atoms with Gasteiger partial charge in [-0.3, -0.25) is 14.4 Å². The first-order valence-electron chi connectivity index (χ1n) is 9.74. The Bertz CT molecular complexity index is 825.